The second-order valence-corrected chi connectivity index (χ2v) is 5.62. The summed E-state index contributed by atoms with van der Waals surface area (Å²) in [4.78, 5) is 25.1. The van der Waals surface area contributed by atoms with Crippen molar-refractivity contribution < 1.29 is 14.3 Å². The van der Waals surface area contributed by atoms with Gasteiger partial charge in [0.05, 0.1) is 17.7 Å². The first kappa shape index (κ1) is 12.8. The molecule has 1 aliphatic rings. The molecule has 0 aromatic heterocycles. The Hall–Kier alpha value is -1.68. The fourth-order valence-corrected chi connectivity index (χ4v) is 1.80. The highest BCUT2D eigenvalue weighted by molar-refractivity contribution is 6.21. The first-order valence-corrected chi connectivity index (χ1v) is 5.93. The van der Waals surface area contributed by atoms with Crippen molar-refractivity contribution in [3.05, 3.63) is 35.4 Å². The maximum absolute atomic E-state index is 12.0. The normalized spacial score (nSPS) is 15.2. The van der Waals surface area contributed by atoms with Crippen molar-refractivity contribution in [2.75, 3.05) is 13.3 Å². The van der Waals surface area contributed by atoms with Crippen LogP contribution in [0.25, 0.3) is 0 Å². The molecule has 0 fully saturated rings. The molecular weight excluding hydrogens is 230 g/mol. The molecule has 0 aliphatic carbocycles. The Morgan fingerprint density at radius 3 is 2.00 bits per heavy atom. The largest absolute Gasteiger partial charge is 0.360 e. The van der Waals surface area contributed by atoms with E-state index in [1.165, 1.54) is 0 Å². The van der Waals surface area contributed by atoms with Crippen LogP contribution in [-0.4, -0.2) is 30.1 Å². The molecule has 1 heterocycles. The van der Waals surface area contributed by atoms with E-state index < -0.39 is 0 Å². The van der Waals surface area contributed by atoms with Crippen LogP contribution in [0.5, 0.6) is 0 Å². The molecule has 4 heteroatoms. The topological polar surface area (TPSA) is 46.6 Å². The Labute approximate surface area is 107 Å². The van der Waals surface area contributed by atoms with Crippen molar-refractivity contribution in [1.82, 2.24) is 4.90 Å². The van der Waals surface area contributed by atoms with E-state index in [1.807, 2.05) is 20.8 Å². The minimum absolute atomic E-state index is 0.0126. The molecule has 0 radical (unpaired) electrons. The van der Waals surface area contributed by atoms with Crippen molar-refractivity contribution in [2.45, 2.75) is 20.8 Å². The fourth-order valence-electron chi connectivity index (χ4n) is 1.80. The molecule has 0 spiro atoms. The minimum atomic E-state index is -0.274. The summed E-state index contributed by atoms with van der Waals surface area (Å²) >= 11 is 0. The smallest absolute Gasteiger partial charge is 0.263 e. The van der Waals surface area contributed by atoms with Crippen molar-refractivity contribution in [3.63, 3.8) is 0 Å². The number of fused-ring (bicyclic) bond motifs is 1. The zero-order valence-corrected chi connectivity index (χ0v) is 10.9. The Bertz CT molecular complexity index is 453. The van der Waals surface area contributed by atoms with Gasteiger partial charge in [0.1, 0.15) is 6.73 Å². The lowest BCUT2D eigenvalue weighted by Crippen LogP contribution is -2.33. The summed E-state index contributed by atoms with van der Waals surface area (Å²) in [5.41, 5.74) is 0.933. The van der Waals surface area contributed by atoms with E-state index in [1.54, 1.807) is 24.3 Å². The number of benzene rings is 1. The highest BCUT2D eigenvalue weighted by Gasteiger charge is 2.35. The Balaban J connectivity index is 2.05. The summed E-state index contributed by atoms with van der Waals surface area (Å²) in [5.74, 6) is -0.547. The van der Waals surface area contributed by atoms with Gasteiger partial charge in [0.25, 0.3) is 11.8 Å². The lowest BCUT2D eigenvalue weighted by atomic mass is 9.99. The van der Waals surface area contributed by atoms with Crippen LogP contribution in [0.2, 0.25) is 0 Å². The van der Waals surface area contributed by atoms with E-state index in [9.17, 15) is 9.59 Å². The Kier molecular flexibility index (Phi) is 3.22. The third-order valence-corrected chi connectivity index (χ3v) is 2.63. The molecule has 1 aromatic carbocycles. The van der Waals surface area contributed by atoms with Gasteiger partial charge in [-0.15, -0.1) is 0 Å². The second-order valence-electron chi connectivity index (χ2n) is 5.62. The molecule has 2 rings (SSSR count). The van der Waals surface area contributed by atoms with Gasteiger partial charge in [0.2, 0.25) is 0 Å². The summed E-state index contributed by atoms with van der Waals surface area (Å²) in [6, 6.07) is 6.84. The summed E-state index contributed by atoms with van der Waals surface area (Å²) in [6.07, 6.45) is 0. The molecule has 0 atom stereocenters. The zero-order valence-electron chi connectivity index (χ0n) is 10.9. The van der Waals surface area contributed by atoms with E-state index in [4.69, 9.17) is 4.74 Å². The van der Waals surface area contributed by atoms with Gasteiger partial charge in [0, 0.05) is 0 Å². The molecule has 2 amide bonds. The summed E-state index contributed by atoms with van der Waals surface area (Å²) in [6.45, 7) is 6.63. The number of hydrogen-bond acceptors (Lipinski definition) is 3. The number of amides is 2. The first-order valence-electron chi connectivity index (χ1n) is 5.93. The number of nitrogens with zero attached hydrogens (tertiary/aromatic N) is 1. The van der Waals surface area contributed by atoms with Crippen LogP contribution >= 0.6 is 0 Å². The maximum Gasteiger partial charge on any atom is 0.263 e. The quantitative estimate of drug-likeness (QED) is 0.770. The molecular formula is C14H17NO3. The number of carbonyl (C=O) groups is 2. The Morgan fingerprint density at radius 2 is 1.56 bits per heavy atom. The SMILES string of the molecule is CC(C)(C)COCN1C(=O)c2ccccc2C1=O. The standard InChI is InChI=1S/C14H17NO3/c1-14(2,3)8-18-9-15-12(16)10-6-4-5-7-11(10)13(15)17/h4-7H,8-9H2,1-3H3. The molecule has 0 saturated heterocycles. The third kappa shape index (κ3) is 2.43. The van der Waals surface area contributed by atoms with Crippen LogP contribution in [-0.2, 0) is 4.74 Å². The summed E-state index contributed by atoms with van der Waals surface area (Å²) < 4.78 is 5.44. The number of rotatable bonds is 3. The molecule has 0 bridgehead atoms. The predicted molar refractivity (Wildman–Crippen MR) is 67.2 cm³/mol. The first-order chi connectivity index (χ1) is 8.40. The van der Waals surface area contributed by atoms with E-state index in [2.05, 4.69) is 0 Å². The van der Waals surface area contributed by atoms with E-state index in [-0.39, 0.29) is 24.0 Å². The maximum atomic E-state index is 12.0. The molecule has 1 aliphatic heterocycles. The predicted octanol–water partition coefficient (Wildman–Crippen LogP) is 2.30. The van der Waals surface area contributed by atoms with Crippen LogP contribution in [0.15, 0.2) is 24.3 Å². The number of imide groups is 1. The average Bonchev–Trinajstić information content (AvgIpc) is 2.53. The van der Waals surface area contributed by atoms with Crippen LogP contribution in [0.4, 0.5) is 0 Å². The van der Waals surface area contributed by atoms with Crippen molar-refractivity contribution in [3.8, 4) is 0 Å². The van der Waals surface area contributed by atoms with Crippen molar-refractivity contribution >= 4 is 11.8 Å². The molecule has 0 N–H and O–H groups in total. The van der Waals surface area contributed by atoms with E-state index >= 15 is 0 Å². The van der Waals surface area contributed by atoms with Crippen LogP contribution in [0.1, 0.15) is 41.5 Å². The molecule has 0 saturated carbocycles. The molecule has 0 unspecified atom stereocenters. The van der Waals surface area contributed by atoms with Crippen molar-refractivity contribution in [2.24, 2.45) is 5.41 Å². The van der Waals surface area contributed by atoms with Gasteiger partial charge >= 0.3 is 0 Å². The van der Waals surface area contributed by atoms with Crippen molar-refractivity contribution in [1.29, 1.82) is 0 Å². The van der Waals surface area contributed by atoms with Gasteiger partial charge in [-0.25, -0.2) is 4.90 Å². The molecule has 18 heavy (non-hydrogen) atoms. The number of hydrogen-bond donors (Lipinski definition) is 0. The molecule has 96 valence electrons. The number of ether oxygens (including phenoxy) is 1. The average molecular weight is 247 g/mol. The lowest BCUT2D eigenvalue weighted by Gasteiger charge is -2.20. The van der Waals surface area contributed by atoms with Gasteiger partial charge in [-0.05, 0) is 17.5 Å². The summed E-state index contributed by atoms with van der Waals surface area (Å²) in [7, 11) is 0. The lowest BCUT2D eigenvalue weighted by molar-refractivity contribution is 0.00497. The summed E-state index contributed by atoms with van der Waals surface area (Å²) in [5, 5.41) is 0. The van der Waals surface area contributed by atoms with Gasteiger partial charge in [-0.2, -0.15) is 0 Å². The third-order valence-electron chi connectivity index (χ3n) is 2.63. The second kappa shape index (κ2) is 4.53. The van der Waals surface area contributed by atoms with Gasteiger partial charge in [-0.1, -0.05) is 32.9 Å². The highest BCUT2D eigenvalue weighted by atomic mass is 16.5. The van der Waals surface area contributed by atoms with Gasteiger partial charge in [0.15, 0.2) is 0 Å². The molecule has 1 aromatic rings. The van der Waals surface area contributed by atoms with Crippen LogP contribution in [0.3, 0.4) is 0 Å². The Morgan fingerprint density at radius 1 is 1.06 bits per heavy atom. The highest BCUT2D eigenvalue weighted by Crippen LogP contribution is 2.22. The monoisotopic (exact) mass is 247 g/mol. The zero-order chi connectivity index (χ0) is 13.3. The minimum Gasteiger partial charge on any atom is -0.360 e. The van der Waals surface area contributed by atoms with E-state index in [0.717, 1.165) is 4.90 Å². The fraction of sp³-hybridized carbons (Fsp3) is 0.429. The molecule has 4 nitrogen and oxygen atoms in total. The van der Waals surface area contributed by atoms with Gasteiger partial charge < -0.3 is 4.74 Å². The van der Waals surface area contributed by atoms with Crippen LogP contribution < -0.4 is 0 Å². The van der Waals surface area contributed by atoms with Crippen LogP contribution in [0, 0.1) is 5.41 Å². The van der Waals surface area contributed by atoms with E-state index in [0.29, 0.717) is 17.7 Å². The van der Waals surface area contributed by atoms with Gasteiger partial charge in [-0.3, -0.25) is 9.59 Å². The number of carbonyl (C=O) groups excluding carboxylic acids is 2.